The minimum Gasteiger partial charge on any atom is -0.342 e. The van der Waals surface area contributed by atoms with Crippen molar-refractivity contribution >= 4 is 17.2 Å². The molecule has 106 valence electrons. The molecule has 7 heteroatoms. The van der Waals surface area contributed by atoms with E-state index >= 15 is 0 Å². The zero-order valence-electron chi connectivity index (χ0n) is 11.0. The van der Waals surface area contributed by atoms with E-state index in [1.165, 1.54) is 0 Å². The summed E-state index contributed by atoms with van der Waals surface area (Å²) in [7, 11) is 0. The Labute approximate surface area is 120 Å². The zero-order valence-corrected chi connectivity index (χ0v) is 11.8. The molecule has 0 unspecified atom stereocenters. The van der Waals surface area contributed by atoms with Gasteiger partial charge in [0, 0.05) is 19.0 Å². The van der Waals surface area contributed by atoms with Gasteiger partial charge in [0.05, 0.1) is 11.4 Å². The fraction of sp³-hybridized carbons (Fsp3) is 0.462. The Hall–Kier alpha value is -1.73. The molecule has 0 saturated carbocycles. The maximum atomic E-state index is 11.5. The molecule has 1 fully saturated rings. The summed E-state index contributed by atoms with van der Waals surface area (Å²) in [5.41, 5.74) is 5.38. The SMILES string of the molecule is NCC(=O)N1CCC(c2nc(-c3cccs3)no2)CC1. The number of carbonyl (C=O) groups is 1. The van der Waals surface area contributed by atoms with Gasteiger partial charge in [-0.3, -0.25) is 4.79 Å². The Bertz CT molecular complexity index is 573. The van der Waals surface area contributed by atoms with Crippen LogP contribution in [0.3, 0.4) is 0 Å². The number of likely N-dealkylation sites (tertiary alicyclic amines) is 1. The molecule has 2 aromatic heterocycles. The minimum atomic E-state index is 0.00764. The van der Waals surface area contributed by atoms with Crippen LogP contribution in [0.5, 0.6) is 0 Å². The molecule has 1 aliphatic heterocycles. The highest BCUT2D eigenvalue weighted by molar-refractivity contribution is 7.13. The van der Waals surface area contributed by atoms with E-state index in [0.29, 0.717) is 24.8 Å². The number of hydrogen-bond donors (Lipinski definition) is 1. The molecule has 2 N–H and O–H groups in total. The fourth-order valence-electron chi connectivity index (χ4n) is 2.41. The van der Waals surface area contributed by atoms with E-state index in [9.17, 15) is 4.79 Å². The number of nitrogens with zero attached hydrogens (tertiary/aromatic N) is 3. The number of hydrogen-bond acceptors (Lipinski definition) is 6. The number of nitrogens with two attached hydrogens (primary N) is 1. The molecule has 2 aromatic rings. The summed E-state index contributed by atoms with van der Waals surface area (Å²) >= 11 is 1.59. The molecule has 1 saturated heterocycles. The van der Waals surface area contributed by atoms with E-state index < -0.39 is 0 Å². The fourth-order valence-corrected chi connectivity index (χ4v) is 3.06. The molecule has 20 heavy (non-hydrogen) atoms. The van der Waals surface area contributed by atoms with Gasteiger partial charge in [-0.05, 0) is 24.3 Å². The van der Waals surface area contributed by atoms with Crippen LogP contribution in [-0.2, 0) is 4.79 Å². The summed E-state index contributed by atoms with van der Waals surface area (Å²) in [6, 6.07) is 3.94. The van der Waals surface area contributed by atoms with Crippen molar-refractivity contribution in [3.63, 3.8) is 0 Å². The van der Waals surface area contributed by atoms with E-state index in [0.717, 1.165) is 17.7 Å². The first-order valence-electron chi connectivity index (χ1n) is 6.63. The molecule has 0 aromatic carbocycles. The second-order valence-corrected chi connectivity index (χ2v) is 5.74. The van der Waals surface area contributed by atoms with Crippen molar-refractivity contribution in [2.75, 3.05) is 19.6 Å². The van der Waals surface area contributed by atoms with Gasteiger partial charge >= 0.3 is 0 Å². The van der Waals surface area contributed by atoms with Crippen molar-refractivity contribution in [3.8, 4) is 10.7 Å². The molecule has 6 nitrogen and oxygen atoms in total. The Kier molecular flexibility index (Phi) is 3.79. The first-order chi connectivity index (χ1) is 9.78. The van der Waals surface area contributed by atoms with Gasteiger partial charge in [-0.15, -0.1) is 11.3 Å². The van der Waals surface area contributed by atoms with Crippen LogP contribution in [0.4, 0.5) is 0 Å². The summed E-state index contributed by atoms with van der Waals surface area (Å²) in [6.07, 6.45) is 1.69. The van der Waals surface area contributed by atoms with Crippen molar-refractivity contribution in [2.24, 2.45) is 5.73 Å². The third-order valence-electron chi connectivity index (χ3n) is 3.55. The molecule has 1 aliphatic rings. The Balaban J connectivity index is 1.65. The second kappa shape index (κ2) is 5.72. The van der Waals surface area contributed by atoms with E-state index in [1.54, 1.807) is 16.2 Å². The van der Waals surface area contributed by atoms with Gasteiger partial charge in [-0.25, -0.2) is 0 Å². The number of rotatable bonds is 3. The second-order valence-electron chi connectivity index (χ2n) is 4.79. The van der Waals surface area contributed by atoms with Gasteiger partial charge in [0.1, 0.15) is 0 Å². The van der Waals surface area contributed by atoms with Gasteiger partial charge in [0.15, 0.2) is 0 Å². The summed E-state index contributed by atoms with van der Waals surface area (Å²) in [5.74, 6) is 1.56. The lowest BCUT2D eigenvalue weighted by atomic mass is 9.97. The molecular formula is C13H16N4O2S. The van der Waals surface area contributed by atoms with Crippen molar-refractivity contribution in [1.29, 1.82) is 0 Å². The lowest BCUT2D eigenvalue weighted by Gasteiger charge is -2.30. The summed E-state index contributed by atoms with van der Waals surface area (Å²) < 4.78 is 5.37. The predicted molar refractivity (Wildman–Crippen MR) is 75.2 cm³/mol. The zero-order chi connectivity index (χ0) is 13.9. The van der Waals surface area contributed by atoms with E-state index in [4.69, 9.17) is 10.3 Å². The van der Waals surface area contributed by atoms with Crippen molar-refractivity contribution in [3.05, 3.63) is 23.4 Å². The van der Waals surface area contributed by atoms with E-state index in [-0.39, 0.29) is 18.4 Å². The van der Waals surface area contributed by atoms with Crippen LogP contribution >= 0.6 is 11.3 Å². The van der Waals surface area contributed by atoms with Crippen LogP contribution in [0, 0.1) is 0 Å². The average molecular weight is 292 g/mol. The van der Waals surface area contributed by atoms with Crippen LogP contribution in [0.15, 0.2) is 22.0 Å². The highest BCUT2D eigenvalue weighted by atomic mass is 32.1. The molecule has 0 atom stereocenters. The first kappa shape index (κ1) is 13.3. The molecule has 0 bridgehead atoms. The lowest BCUT2D eigenvalue weighted by molar-refractivity contribution is -0.130. The number of carbonyl (C=O) groups excluding carboxylic acids is 1. The minimum absolute atomic E-state index is 0.00764. The molecule has 1 amide bonds. The highest BCUT2D eigenvalue weighted by Gasteiger charge is 2.27. The number of thiophene rings is 1. The normalized spacial score (nSPS) is 16.6. The maximum Gasteiger partial charge on any atom is 0.236 e. The number of piperidine rings is 1. The Morgan fingerprint density at radius 3 is 2.95 bits per heavy atom. The highest BCUT2D eigenvalue weighted by Crippen LogP contribution is 2.29. The first-order valence-corrected chi connectivity index (χ1v) is 7.51. The number of aromatic nitrogens is 2. The van der Waals surface area contributed by atoms with Gasteiger partial charge < -0.3 is 15.2 Å². The van der Waals surface area contributed by atoms with Gasteiger partial charge in [0.25, 0.3) is 0 Å². The van der Waals surface area contributed by atoms with Gasteiger partial charge in [-0.2, -0.15) is 4.98 Å². The van der Waals surface area contributed by atoms with Crippen molar-refractivity contribution in [2.45, 2.75) is 18.8 Å². The van der Waals surface area contributed by atoms with Crippen LogP contribution in [-0.4, -0.2) is 40.6 Å². The molecule has 0 aliphatic carbocycles. The quantitative estimate of drug-likeness (QED) is 0.925. The standard InChI is InChI=1S/C13H16N4O2S/c14-8-11(18)17-5-3-9(4-6-17)13-15-12(16-19-13)10-2-1-7-20-10/h1-2,7,9H,3-6,8,14H2. The number of amides is 1. The topological polar surface area (TPSA) is 85.3 Å². The van der Waals surface area contributed by atoms with Crippen LogP contribution in [0.1, 0.15) is 24.7 Å². The predicted octanol–water partition coefficient (Wildman–Crippen LogP) is 1.46. The maximum absolute atomic E-state index is 11.5. The molecule has 0 spiro atoms. The third-order valence-corrected chi connectivity index (χ3v) is 4.42. The van der Waals surface area contributed by atoms with Crippen LogP contribution in [0.25, 0.3) is 10.7 Å². The van der Waals surface area contributed by atoms with Crippen molar-refractivity contribution in [1.82, 2.24) is 15.0 Å². The largest absolute Gasteiger partial charge is 0.342 e. The molecule has 0 radical (unpaired) electrons. The lowest BCUT2D eigenvalue weighted by Crippen LogP contribution is -2.41. The smallest absolute Gasteiger partial charge is 0.236 e. The summed E-state index contributed by atoms with van der Waals surface area (Å²) in [6.45, 7) is 1.49. The van der Waals surface area contributed by atoms with Crippen LogP contribution < -0.4 is 5.73 Å². The van der Waals surface area contributed by atoms with Gasteiger partial charge in [-0.1, -0.05) is 11.2 Å². The van der Waals surface area contributed by atoms with Crippen molar-refractivity contribution < 1.29 is 9.32 Å². The molecular weight excluding hydrogens is 276 g/mol. The van der Waals surface area contributed by atoms with Gasteiger partial charge in [0.2, 0.25) is 17.6 Å². The van der Waals surface area contributed by atoms with E-state index in [1.807, 2.05) is 17.5 Å². The average Bonchev–Trinajstić information content (AvgIpc) is 3.17. The monoisotopic (exact) mass is 292 g/mol. The summed E-state index contributed by atoms with van der Waals surface area (Å²) in [4.78, 5) is 18.8. The van der Waals surface area contributed by atoms with E-state index in [2.05, 4.69) is 10.1 Å². The third kappa shape index (κ3) is 2.59. The molecule has 3 rings (SSSR count). The Morgan fingerprint density at radius 2 is 2.30 bits per heavy atom. The molecule has 3 heterocycles. The Morgan fingerprint density at radius 1 is 1.50 bits per heavy atom. The van der Waals surface area contributed by atoms with Crippen LogP contribution in [0.2, 0.25) is 0 Å². The summed E-state index contributed by atoms with van der Waals surface area (Å²) in [5, 5.41) is 6.02.